The Labute approximate surface area is 174 Å². The van der Waals surface area contributed by atoms with Gasteiger partial charge in [0, 0.05) is 24.3 Å². The van der Waals surface area contributed by atoms with Gasteiger partial charge in [-0.25, -0.2) is 0 Å². The van der Waals surface area contributed by atoms with E-state index in [1.54, 1.807) is 0 Å². The van der Waals surface area contributed by atoms with E-state index in [4.69, 9.17) is 5.11 Å². The van der Waals surface area contributed by atoms with E-state index in [0.29, 0.717) is 17.1 Å². The van der Waals surface area contributed by atoms with E-state index in [1.807, 2.05) is 30.3 Å². The number of aryl methyl sites for hydroxylation is 1. The van der Waals surface area contributed by atoms with Crippen molar-refractivity contribution in [1.29, 1.82) is 0 Å². The minimum Gasteiger partial charge on any atom is -0.481 e. The number of carboxylic acid groups (broad SMARTS) is 1. The van der Waals surface area contributed by atoms with Crippen LogP contribution in [0.1, 0.15) is 64.9 Å². The quantitative estimate of drug-likeness (QED) is 0.566. The van der Waals surface area contributed by atoms with Crippen LogP contribution in [0, 0.1) is 0 Å². The molecule has 0 atom stereocenters. The highest BCUT2D eigenvalue weighted by atomic mass is 32.1. The molecule has 0 spiro atoms. The molecule has 1 aliphatic carbocycles. The number of aliphatic carboxylic acids is 1. The van der Waals surface area contributed by atoms with E-state index in [-0.39, 0.29) is 31.1 Å². The van der Waals surface area contributed by atoms with Gasteiger partial charge < -0.3 is 15.7 Å². The van der Waals surface area contributed by atoms with Crippen LogP contribution in [-0.2, 0) is 29.0 Å². The molecule has 154 valence electrons. The molecule has 29 heavy (non-hydrogen) atoms. The molecule has 1 aromatic heterocycles. The zero-order chi connectivity index (χ0) is 20.6. The Kier molecular flexibility index (Phi) is 7.41. The Balaban J connectivity index is 1.75. The van der Waals surface area contributed by atoms with Crippen molar-refractivity contribution in [3.8, 4) is 0 Å². The number of rotatable bonds is 8. The summed E-state index contributed by atoms with van der Waals surface area (Å²) < 4.78 is 0. The lowest BCUT2D eigenvalue weighted by Gasteiger charge is -2.10. The zero-order valence-corrected chi connectivity index (χ0v) is 17.1. The van der Waals surface area contributed by atoms with Gasteiger partial charge in [-0.05, 0) is 43.2 Å². The van der Waals surface area contributed by atoms with Crippen LogP contribution in [0.25, 0.3) is 0 Å². The molecular formula is C22H26N2O4S. The molecule has 3 N–H and O–H groups in total. The number of amides is 2. The van der Waals surface area contributed by atoms with E-state index < -0.39 is 5.97 Å². The van der Waals surface area contributed by atoms with Crippen LogP contribution in [0.3, 0.4) is 0 Å². The highest BCUT2D eigenvalue weighted by molar-refractivity contribution is 7.17. The highest BCUT2D eigenvalue weighted by Crippen LogP contribution is 2.37. The SMILES string of the molecule is O=C(O)CCCC(=O)Nc1sc2c(c1C(=O)NCc1ccccc1)CCCCC2. The van der Waals surface area contributed by atoms with Gasteiger partial charge in [-0.3, -0.25) is 14.4 Å². The fraction of sp³-hybridized carbons (Fsp3) is 0.409. The minimum absolute atomic E-state index is 0.0429. The van der Waals surface area contributed by atoms with Gasteiger partial charge in [-0.15, -0.1) is 11.3 Å². The predicted octanol–water partition coefficient (Wildman–Crippen LogP) is 4.14. The number of anilines is 1. The number of hydrogen-bond donors (Lipinski definition) is 3. The fourth-order valence-electron chi connectivity index (χ4n) is 3.53. The van der Waals surface area contributed by atoms with Crippen molar-refractivity contribution in [2.75, 3.05) is 5.32 Å². The first kappa shape index (κ1) is 21.0. The number of thiophene rings is 1. The van der Waals surface area contributed by atoms with Crippen LogP contribution in [0.2, 0.25) is 0 Å². The van der Waals surface area contributed by atoms with E-state index >= 15 is 0 Å². The molecule has 2 aromatic rings. The third kappa shape index (κ3) is 5.90. The first-order valence-corrected chi connectivity index (χ1v) is 10.8. The second-order valence-electron chi connectivity index (χ2n) is 7.23. The van der Waals surface area contributed by atoms with Crippen LogP contribution in [0.4, 0.5) is 5.00 Å². The van der Waals surface area contributed by atoms with Crippen molar-refractivity contribution in [2.24, 2.45) is 0 Å². The predicted molar refractivity (Wildman–Crippen MR) is 113 cm³/mol. The molecule has 0 saturated heterocycles. The fourth-order valence-corrected chi connectivity index (χ4v) is 4.83. The first-order chi connectivity index (χ1) is 14.0. The Hall–Kier alpha value is -2.67. The normalized spacial score (nSPS) is 13.2. The summed E-state index contributed by atoms with van der Waals surface area (Å²) in [4.78, 5) is 37.2. The maximum atomic E-state index is 13.0. The zero-order valence-electron chi connectivity index (χ0n) is 16.3. The topological polar surface area (TPSA) is 95.5 Å². The lowest BCUT2D eigenvalue weighted by Crippen LogP contribution is -2.25. The van der Waals surface area contributed by atoms with Crippen LogP contribution < -0.4 is 10.6 Å². The van der Waals surface area contributed by atoms with E-state index in [0.717, 1.165) is 43.2 Å². The summed E-state index contributed by atoms with van der Waals surface area (Å²) in [5.74, 6) is -1.34. The molecule has 1 aromatic carbocycles. The third-order valence-corrected chi connectivity index (χ3v) is 6.20. The second-order valence-corrected chi connectivity index (χ2v) is 8.34. The summed E-state index contributed by atoms with van der Waals surface area (Å²) in [6.07, 6.45) is 5.39. The molecule has 7 heteroatoms. The van der Waals surface area contributed by atoms with Gasteiger partial charge in [0.2, 0.25) is 5.91 Å². The number of nitrogens with one attached hydrogen (secondary N) is 2. The number of carbonyl (C=O) groups excluding carboxylic acids is 2. The summed E-state index contributed by atoms with van der Waals surface area (Å²) in [5.41, 5.74) is 2.65. The number of hydrogen-bond acceptors (Lipinski definition) is 4. The van der Waals surface area contributed by atoms with Gasteiger partial charge in [0.15, 0.2) is 0 Å². The summed E-state index contributed by atoms with van der Waals surface area (Å²) >= 11 is 1.48. The molecule has 0 aliphatic heterocycles. The van der Waals surface area contributed by atoms with Gasteiger partial charge in [0.1, 0.15) is 5.00 Å². The molecule has 1 heterocycles. The Bertz CT molecular complexity index is 876. The lowest BCUT2D eigenvalue weighted by molar-refractivity contribution is -0.137. The van der Waals surface area contributed by atoms with Crippen molar-refractivity contribution in [3.63, 3.8) is 0 Å². The molecule has 0 saturated carbocycles. The molecule has 0 bridgehead atoms. The van der Waals surface area contributed by atoms with E-state index in [9.17, 15) is 14.4 Å². The van der Waals surface area contributed by atoms with Gasteiger partial charge in [0.25, 0.3) is 5.91 Å². The molecule has 3 rings (SSSR count). The molecule has 0 fully saturated rings. The summed E-state index contributed by atoms with van der Waals surface area (Å²) in [6, 6.07) is 9.71. The van der Waals surface area contributed by atoms with Gasteiger partial charge in [-0.1, -0.05) is 36.8 Å². The number of fused-ring (bicyclic) bond motifs is 1. The van der Waals surface area contributed by atoms with Gasteiger partial charge in [-0.2, -0.15) is 0 Å². The monoisotopic (exact) mass is 414 g/mol. The smallest absolute Gasteiger partial charge is 0.303 e. The Morgan fingerprint density at radius 3 is 2.52 bits per heavy atom. The van der Waals surface area contributed by atoms with Crippen molar-refractivity contribution in [3.05, 3.63) is 51.9 Å². The molecule has 0 unspecified atom stereocenters. The van der Waals surface area contributed by atoms with Crippen molar-refractivity contribution in [1.82, 2.24) is 5.32 Å². The van der Waals surface area contributed by atoms with Crippen molar-refractivity contribution < 1.29 is 19.5 Å². The van der Waals surface area contributed by atoms with Crippen molar-refractivity contribution in [2.45, 2.75) is 57.9 Å². The molecule has 6 nitrogen and oxygen atoms in total. The summed E-state index contributed by atoms with van der Waals surface area (Å²) in [7, 11) is 0. The Morgan fingerprint density at radius 2 is 1.76 bits per heavy atom. The first-order valence-electron chi connectivity index (χ1n) is 10.0. The molecule has 0 radical (unpaired) electrons. The largest absolute Gasteiger partial charge is 0.481 e. The molecule has 1 aliphatic rings. The highest BCUT2D eigenvalue weighted by Gasteiger charge is 2.25. The number of benzene rings is 1. The van der Waals surface area contributed by atoms with Gasteiger partial charge >= 0.3 is 5.97 Å². The average molecular weight is 415 g/mol. The van der Waals surface area contributed by atoms with Crippen molar-refractivity contribution >= 4 is 34.1 Å². The summed E-state index contributed by atoms with van der Waals surface area (Å²) in [6.45, 7) is 0.427. The van der Waals surface area contributed by atoms with E-state index in [2.05, 4.69) is 10.6 Å². The van der Waals surface area contributed by atoms with Crippen LogP contribution in [0.15, 0.2) is 30.3 Å². The number of carbonyl (C=O) groups is 3. The molecule has 2 amide bonds. The maximum Gasteiger partial charge on any atom is 0.303 e. The third-order valence-electron chi connectivity index (χ3n) is 4.99. The standard InChI is InChI=1S/C22H26N2O4S/c25-18(12-7-13-19(26)27)24-22-20(16-10-5-2-6-11-17(16)29-22)21(28)23-14-15-8-3-1-4-9-15/h1,3-4,8-9H,2,5-7,10-14H2,(H,23,28)(H,24,25)(H,26,27). The lowest BCUT2D eigenvalue weighted by atomic mass is 10.0. The maximum absolute atomic E-state index is 13.0. The molecular weight excluding hydrogens is 388 g/mol. The Morgan fingerprint density at radius 1 is 1.00 bits per heavy atom. The van der Waals surface area contributed by atoms with Crippen LogP contribution in [0.5, 0.6) is 0 Å². The summed E-state index contributed by atoms with van der Waals surface area (Å²) in [5, 5.41) is 15.2. The minimum atomic E-state index is -0.915. The van der Waals surface area contributed by atoms with Crippen LogP contribution in [-0.4, -0.2) is 22.9 Å². The average Bonchev–Trinajstić information content (AvgIpc) is 2.87. The van der Waals surface area contributed by atoms with Gasteiger partial charge in [0.05, 0.1) is 5.56 Å². The van der Waals surface area contributed by atoms with E-state index in [1.165, 1.54) is 16.2 Å². The van der Waals surface area contributed by atoms with Crippen LogP contribution >= 0.6 is 11.3 Å². The number of carboxylic acids is 1. The second kappa shape index (κ2) is 10.2.